The van der Waals surface area contributed by atoms with E-state index in [1.807, 2.05) is 6.92 Å². The Labute approximate surface area is 67.4 Å². The summed E-state index contributed by atoms with van der Waals surface area (Å²) in [7, 11) is 0. The number of ether oxygens (including phenoxy) is 1. The summed E-state index contributed by atoms with van der Waals surface area (Å²) < 4.78 is 4.74. The van der Waals surface area contributed by atoms with Gasteiger partial charge >= 0.3 is 5.30 Å². The van der Waals surface area contributed by atoms with Crippen LogP contribution in [0.15, 0.2) is 0 Å². The largest absolute Gasteiger partial charge is 0.451 e. The van der Waals surface area contributed by atoms with Crippen molar-refractivity contribution in [2.24, 2.45) is 5.92 Å². The van der Waals surface area contributed by atoms with E-state index in [0.717, 1.165) is 6.42 Å². The second-order valence-corrected chi connectivity index (χ2v) is 3.14. The van der Waals surface area contributed by atoms with Gasteiger partial charge in [-0.3, -0.25) is 0 Å². The van der Waals surface area contributed by atoms with Crippen LogP contribution in [0, 0.1) is 5.92 Å². The molecule has 1 atom stereocenters. The molecule has 0 heterocycles. The fourth-order valence-corrected chi connectivity index (χ4v) is 1.04. The van der Waals surface area contributed by atoms with E-state index in [4.69, 9.17) is 4.74 Å². The molecule has 0 N–H and O–H groups in total. The molecular formula is C7H13O2S. The van der Waals surface area contributed by atoms with Crippen LogP contribution in [0.25, 0.3) is 0 Å². The third-order valence-electron chi connectivity index (χ3n) is 1.10. The van der Waals surface area contributed by atoms with Gasteiger partial charge in [0, 0.05) is 12.6 Å². The third kappa shape index (κ3) is 5.82. The molecule has 0 aromatic heterocycles. The molecule has 3 heteroatoms. The standard InChI is InChI=1S/C7H13O2S/c1-5(2)4-6(3)9-7(8)10/h5-6H,4H2,1-3H3. The lowest BCUT2D eigenvalue weighted by molar-refractivity contribution is 0.120. The molecule has 0 fully saturated rings. The van der Waals surface area contributed by atoms with E-state index in [1.165, 1.54) is 0 Å². The summed E-state index contributed by atoms with van der Waals surface area (Å²) in [5.41, 5.74) is 0. The van der Waals surface area contributed by atoms with Crippen molar-refractivity contribution in [3.05, 3.63) is 0 Å². The zero-order valence-corrected chi connectivity index (χ0v) is 7.40. The van der Waals surface area contributed by atoms with Crippen molar-refractivity contribution in [3.8, 4) is 0 Å². The molecule has 0 aliphatic heterocycles. The van der Waals surface area contributed by atoms with Gasteiger partial charge in [-0.15, -0.1) is 0 Å². The van der Waals surface area contributed by atoms with Crippen LogP contribution < -0.4 is 0 Å². The molecule has 59 valence electrons. The molecule has 1 unspecified atom stereocenters. The first-order valence-electron chi connectivity index (χ1n) is 3.40. The predicted molar refractivity (Wildman–Crippen MR) is 43.0 cm³/mol. The molecule has 10 heavy (non-hydrogen) atoms. The Kier molecular flexibility index (Phi) is 4.36. The van der Waals surface area contributed by atoms with Crippen LogP contribution >= 0.6 is 12.6 Å². The lowest BCUT2D eigenvalue weighted by Crippen LogP contribution is -2.12. The maximum atomic E-state index is 10.2. The molecule has 0 saturated heterocycles. The Morgan fingerprint density at radius 1 is 1.50 bits per heavy atom. The monoisotopic (exact) mass is 161 g/mol. The van der Waals surface area contributed by atoms with E-state index in [-0.39, 0.29) is 6.10 Å². The Balaban J connectivity index is 3.43. The average molecular weight is 161 g/mol. The Morgan fingerprint density at radius 2 is 2.00 bits per heavy atom. The molecule has 0 rings (SSSR count). The molecule has 0 aromatic rings. The maximum Gasteiger partial charge on any atom is 0.400 e. The number of carbonyl (C=O) groups excluding carboxylic acids is 1. The van der Waals surface area contributed by atoms with Crippen molar-refractivity contribution in [1.82, 2.24) is 0 Å². The molecule has 1 radical (unpaired) electrons. The number of hydrogen-bond acceptors (Lipinski definition) is 2. The van der Waals surface area contributed by atoms with Gasteiger partial charge in [-0.05, 0) is 19.3 Å². The summed E-state index contributed by atoms with van der Waals surface area (Å²) >= 11 is 4.25. The average Bonchev–Trinajstić information content (AvgIpc) is 1.58. The normalized spacial score (nSPS) is 13.2. The van der Waals surface area contributed by atoms with Gasteiger partial charge in [-0.1, -0.05) is 13.8 Å². The van der Waals surface area contributed by atoms with Gasteiger partial charge < -0.3 is 4.74 Å². The van der Waals surface area contributed by atoms with E-state index < -0.39 is 5.30 Å². The summed E-state index contributed by atoms with van der Waals surface area (Å²) in [4.78, 5) is 10.2. The van der Waals surface area contributed by atoms with Gasteiger partial charge in [0.2, 0.25) is 0 Å². The summed E-state index contributed by atoms with van der Waals surface area (Å²) in [6.45, 7) is 6.01. The second-order valence-electron chi connectivity index (χ2n) is 2.81. The van der Waals surface area contributed by atoms with Crippen molar-refractivity contribution in [3.63, 3.8) is 0 Å². The predicted octanol–water partition coefficient (Wildman–Crippen LogP) is 2.76. The first-order chi connectivity index (χ1) is 4.52. The summed E-state index contributed by atoms with van der Waals surface area (Å²) in [6.07, 6.45) is 0.840. The highest BCUT2D eigenvalue weighted by molar-refractivity contribution is 7.96. The van der Waals surface area contributed by atoms with Crippen LogP contribution in [0.2, 0.25) is 0 Å². The Bertz CT molecular complexity index is 112. The lowest BCUT2D eigenvalue weighted by Gasteiger charge is -2.12. The van der Waals surface area contributed by atoms with Crippen LogP contribution in [0.3, 0.4) is 0 Å². The van der Waals surface area contributed by atoms with E-state index >= 15 is 0 Å². The van der Waals surface area contributed by atoms with E-state index in [0.29, 0.717) is 5.92 Å². The maximum absolute atomic E-state index is 10.2. The minimum atomic E-state index is -0.604. The zero-order chi connectivity index (χ0) is 8.15. The topological polar surface area (TPSA) is 26.3 Å². The lowest BCUT2D eigenvalue weighted by atomic mass is 10.1. The molecule has 0 bridgehead atoms. The summed E-state index contributed by atoms with van der Waals surface area (Å²) in [5.74, 6) is 0.546. The summed E-state index contributed by atoms with van der Waals surface area (Å²) in [5, 5.41) is -0.604. The quantitative estimate of drug-likeness (QED) is 0.595. The van der Waals surface area contributed by atoms with Gasteiger partial charge in [0.25, 0.3) is 0 Å². The first-order valence-corrected chi connectivity index (χ1v) is 3.80. The Hall–Kier alpha value is -0.310. The Morgan fingerprint density at radius 3 is 2.30 bits per heavy atom. The number of hydrogen-bond donors (Lipinski definition) is 0. The zero-order valence-electron chi connectivity index (χ0n) is 6.59. The van der Waals surface area contributed by atoms with Crippen LogP contribution in [0.4, 0.5) is 4.79 Å². The highest BCUT2D eigenvalue weighted by Crippen LogP contribution is 2.08. The molecule has 0 saturated carbocycles. The van der Waals surface area contributed by atoms with Gasteiger partial charge in [0.15, 0.2) is 0 Å². The molecular weight excluding hydrogens is 148 g/mol. The number of carbonyl (C=O) groups is 1. The first kappa shape index (κ1) is 9.69. The fraction of sp³-hybridized carbons (Fsp3) is 0.857. The third-order valence-corrected chi connectivity index (χ3v) is 1.20. The van der Waals surface area contributed by atoms with Gasteiger partial charge in [-0.25, -0.2) is 4.79 Å². The molecule has 0 aliphatic rings. The van der Waals surface area contributed by atoms with Crippen LogP contribution in [0.5, 0.6) is 0 Å². The van der Waals surface area contributed by atoms with Gasteiger partial charge in [0.1, 0.15) is 6.10 Å². The molecule has 2 nitrogen and oxygen atoms in total. The van der Waals surface area contributed by atoms with Crippen LogP contribution in [-0.4, -0.2) is 11.4 Å². The van der Waals surface area contributed by atoms with Gasteiger partial charge in [-0.2, -0.15) is 0 Å². The molecule has 0 spiro atoms. The fourth-order valence-electron chi connectivity index (χ4n) is 0.876. The molecule has 0 aromatic carbocycles. The second kappa shape index (κ2) is 4.50. The van der Waals surface area contributed by atoms with Crippen molar-refractivity contribution in [2.75, 3.05) is 0 Å². The SMILES string of the molecule is CC(C)CC(C)OC(=O)[S]. The smallest absolute Gasteiger partial charge is 0.400 e. The van der Waals surface area contributed by atoms with E-state index in [1.54, 1.807) is 0 Å². The van der Waals surface area contributed by atoms with Crippen LogP contribution in [-0.2, 0) is 4.74 Å². The van der Waals surface area contributed by atoms with Crippen molar-refractivity contribution in [1.29, 1.82) is 0 Å². The van der Waals surface area contributed by atoms with Crippen molar-refractivity contribution in [2.45, 2.75) is 33.3 Å². The number of rotatable bonds is 3. The van der Waals surface area contributed by atoms with Crippen molar-refractivity contribution < 1.29 is 9.53 Å². The van der Waals surface area contributed by atoms with Crippen LogP contribution in [0.1, 0.15) is 27.2 Å². The van der Waals surface area contributed by atoms with E-state index in [2.05, 4.69) is 26.5 Å². The van der Waals surface area contributed by atoms with E-state index in [9.17, 15) is 4.79 Å². The minimum Gasteiger partial charge on any atom is -0.451 e. The summed E-state index contributed by atoms with van der Waals surface area (Å²) in [6, 6.07) is 0. The highest BCUT2D eigenvalue weighted by Gasteiger charge is 2.07. The molecule has 0 amide bonds. The molecule has 0 aliphatic carbocycles. The van der Waals surface area contributed by atoms with Crippen molar-refractivity contribution >= 4 is 17.9 Å². The highest BCUT2D eigenvalue weighted by atomic mass is 32.1. The van der Waals surface area contributed by atoms with Gasteiger partial charge in [0.05, 0.1) is 0 Å². The minimum absolute atomic E-state index is 0.0370.